The first-order valence-corrected chi connectivity index (χ1v) is 9.32. The van der Waals surface area contributed by atoms with Crippen molar-refractivity contribution in [3.05, 3.63) is 52.5 Å². The molecular weight excluding hydrogens is 348 g/mol. The van der Waals surface area contributed by atoms with Gasteiger partial charge in [-0.05, 0) is 54.8 Å². The molecule has 1 N–H and O–H groups in total. The molecule has 0 saturated carbocycles. The number of benzene rings is 2. The second-order valence-electron chi connectivity index (χ2n) is 5.81. The van der Waals surface area contributed by atoms with Crippen LogP contribution in [-0.4, -0.2) is 21.4 Å². The van der Waals surface area contributed by atoms with Crippen molar-refractivity contribution in [1.82, 2.24) is 0 Å². The van der Waals surface area contributed by atoms with E-state index in [1.165, 1.54) is 6.07 Å². The molecule has 2 aromatic rings. The summed E-state index contributed by atoms with van der Waals surface area (Å²) in [6.07, 6.45) is 0.923. The smallest absolute Gasteiger partial charge is 0.261 e. The van der Waals surface area contributed by atoms with Gasteiger partial charge in [-0.3, -0.25) is 9.52 Å². The van der Waals surface area contributed by atoms with Crippen LogP contribution in [0, 0.1) is 6.92 Å². The fourth-order valence-corrected chi connectivity index (χ4v) is 3.95. The summed E-state index contributed by atoms with van der Waals surface area (Å²) in [6, 6.07) is 9.81. The lowest BCUT2D eigenvalue weighted by molar-refractivity contribution is -0.118. The van der Waals surface area contributed by atoms with E-state index < -0.39 is 10.0 Å². The van der Waals surface area contributed by atoms with Crippen LogP contribution >= 0.6 is 11.6 Å². The number of amides is 1. The maximum atomic E-state index is 12.6. The number of aryl methyl sites for hydroxylation is 2. The Bertz CT molecular complexity index is 925. The van der Waals surface area contributed by atoms with Crippen LogP contribution in [0.2, 0.25) is 5.02 Å². The number of nitrogens with zero attached hydrogens (tertiary/aromatic N) is 1. The van der Waals surface area contributed by atoms with Gasteiger partial charge in [0.05, 0.1) is 10.6 Å². The van der Waals surface area contributed by atoms with Gasteiger partial charge in [0.15, 0.2) is 0 Å². The second-order valence-corrected chi connectivity index (χ2v) is 7.90. The van der Waals surface area contributed by atoms with Crippen LogP contribution in [0.5, 0.6) is 0 Å². The number of hydrogen-bond donors (Lipinski definition) is 1. The zero-order valence-corrected chi connectivity index (χ0v) is 14.9. The number of fused-ring (bicyclic) bond motifs is 1. The molecule has 0 atom stereocenters. The van der Waals surface area contributed by atoms with E-state index >= 15 is 0 Å². The molecule has 0 bridgehead atoms. The van der Waals surface area contributed by atoms with Gasteiger partial charge in [0.25, 0.3) is 10.0 Å². The highest BCUT2D eigenvalue weighted by Crippen LogP contribution is 2.30. The van der Waals surface area contributed by atoms with E-state index in [-0.39, 0.29) is 10.8 Å². The topological polar surface area (TPSA) is 66.5 Å². The Labute approximate surface area is 146 Å². The predicted octanol–water partition coefficient (Wildman–Crippen LogP) is 3.36. The summed E-state index contributed by atoms with van der Waals surface area (Å²) in [5.74, 6) is 0.0329. The highest BCUT2D eigenvalue weighted by molar-refractivity contribution is 7.92. The molecule has 5 nitrogen and oxygen atoms in total. The van der Waals surface area contributed by atoms with Crippen LogP contribution in [0.3, 0.4) is 0 Å². The molecule has 1 aliphatic rings. The van der Waals surface area contributed by atoms with Crippen molar-refractivity contribution < 1.29 is 13.2 Å². The van der Waals surface area contributed by atoms with E-state index in [9.17, 15) is 13.2 Å². The Morgan fingerprint density at radius 3 is 2.58 bits per heavy atom. The first-order valence-electron chi connectivity index (χ1n) is 7.46. The lowest BCUT2D eigenvalue weighted by atomic mass is 10.0. The highest BCUT2D eigenvalue weighted by atomic mass is 35.5. The van der Waals surface area contributed by atoms with Crippen molar-refractivity contribution in [2.45, 2.75) is 24.7 Å². The number of nitrogens with one attached hydrogen (secondary N) is 1. The summed E-state index contributed by atoms with van der Waals surface area (Å²) in [4.78, 5) is 13.4. The van der Waals surface area contributed by atoms with Crippen LogP contribution < -0.4 is 9.62 Å². The number of sulfonamides is 1. The third kappa shape index (κ3) is 3.12. The van der Waals surface area contributed by atoms with E-state index in [1.807, 2.05) is 6.92 Å². The van der Waals surface area contributed by atoms with Gasteiger partial charge in [-0.2, -0.15) is 0 Å². The molecule has 1 amide bonds. The summed E-state index contributed by atoms with van der Waals surface area (Å²) in [7, 11) is -2.02. The summed E-state index contributed by atoms with van der Waals surface area (Å²) in [6.45, 7) is 1.85. The second kappa shape index (κ2) is 6.11. The maximum absolute atomic E-state index is 12.6. The van der Waals surface area contributed by atoms with Crippen LogP contribution in [0.25, 0.3) is 0 Å². The maximum Gasteiger partial charge on any atom is 0.261 e. The molecular formula is C17H17ClN2O3S. The lowest BCUT2D eigenvalue weighted by Gasteiger charge is -2.26. The van der Waals surface area contributed by atoms with Gasteiger partial charge < -0.3 is 4.90 Å². The molecule has 126 valence electrons. The molecule has 2 aromatic carbocycles. The Kier molecular flexibility index (Phi) is 4.27. The SMILES string of the molecule is Cc1ccc(NS(=O)(=O)c2ccc3c(c2)CCC(=O)N3C)cc1Cl. The van der Waals surface area contributed by atoms with Crippen LogP contribution in [0.1, 0.15) is 17.5 Å². The Morgan fingerprint density at radius 2 is 1.88 bits per heavy atom. The molecule has 1 aliphatic heterocycles. The number of halogens is 1. The van der Waals surface area contributed by atoms with Gasteiger partial charge in [0.2, 0.25) is 5.91 Å². The standard InChI is InChI=1S/C17H17ClN2O3S/c1-11-3-5-13(10-15(11)18)19-24(22,23)14-6-7-16-12(9-14)4-8-17(21)20(16)2/h3,5-7,9-10,19H,4,8H2,1-2H3. The van der Waals surface area contributed by atoms with E-state index in [0.717, 1.165) is 16.8 Å². The third-order valence-electron chi connectivity index (χ3n) is 4.13. The minimum absolute atomic E-state index is 0.0329. The van der Waals surface area contributed by atoms with Crippen molar-refractivity contribution in [3.63, 3.8) is 0 Å². The molecule has 0 unspecified atom stereocenters. The van der Waals surface area contributed by atoms with E-state index in [4.69, 9.17) is 11.6 Å². The van der Waals surface area contributed by atoms with Crippen LogP contribution in [0.15, 0.2) is 41.3 Å². The zero-order valence-electron chi connectivity index (χ0n) is 13.3. The predicted molar refractivity (Wildman–Crippen MR) is 95.2 cm³/mol. The number of anilines is 2. The largest absolute Gasteiger partial charge is 0.315 e. The molecule has 7 heteroatoms. The summed E-state index contributed by atoms with van der Waals surface area (Å²) >= 11 is 6.04. The zero-order chi connectivity index (χ0) is 17.5. The molecule has 0 saturated heterocycles. The Morgan fingerprint density at radius 1 is 1.12 bits per heavy atom. The normalized spacial score (nSPS) is 14.5. The molecule has 0 aliphatic carbocycles. The monoisotopic (exact) mass is 364 g/mol. The fraction of sp³-hybridized carbons (Fsp3) is 0.235. The average Bonchev–Trinajstić information content (AvgIpc) is 2.54. The Hall–Kier alpha value is -2.05. The van der Waals surface area contributed by atoms with E-state index in [2.05, 4.69) is 4.72 Å². The lowest BCUT2D eigenvalue weighted by Crippen LogP contribution is -2.31. The fourth-order valence-electron chi connectivity index (χ4n) is 2.67. The van der Waals surface area contributed by atoms with Crippen molar-refractivity contribution in [2.24, 2.45) is 0 Å². The molecule has 24 heavy (non-hydrogen) atoms. The molecule has 0 radical (unpaired) electrons. The number of rotatable bonds is 3. The first-order chi connectivity index (χ1) is 11.3. The number of carbonyl (C=O) groups is 1. The van der Waals surface area contributed by atoms with Crippen LogP contribution in [-0.2, 0) is 21.2 Å². The van der Waals surface area contributed by atoms with Gasteiger partial charge in [-0.25, -0.2) is 8.42 Å². The minimum atomic E-state index is -3.72. The highest BCUT2D eigenvalue weighted by Gasteiger charge is 2.23. The van der Waals surface area contributed by atoms with E-state index in [1.54, 1.807) is 42.3 Å². The van der Waals surface area contributed by atoms with Crippen LogP contribution in [0.4, 0.5) is 11.4 Å². The van der Waals surface area contributed by atoms with Crippen molar-refractivity contribution in [2.75, 3.05) is 16.7 Å². The number of hydrogen-bond acceptors (Lipinski definition) is 3. The first kappa shape index (κ1) is 16.8. The molecule has 0 fully saturated rings. The molecule has 1 heterocycles. The Balaban J connectivity index is 1.93. The molecule has 0 spiro atoms. The van der Waals surface area contributed by atoms with Gasteiger partial charge >= 0.3 is 0 Å². The van der Waals surface area contributed by atoms with Crippen molar-refractivity contribution in [1.29, 1.82) is 0 Å². The third-order valence-corrected chi connectivity index (χ3v) is 5.92. The van der Waals surface area contributed by atoms with Gasteiger partial charge in [0.1, 0.15) is 0 Å². The van der Waals surface area contributed by atoms with Gasteiger partial charge in [0, 0.05) is 24.2 Å². The minimum Gasteiger partial charge on any atom is -0.315 e. The van der Waals surface area contributed by atoms with Gasteiger partial charge in [-0.15, -0.1) is 0 Å². The van der Waals surface area contributed by atoms with E-state index in [0.29, 0.717) is 23.6 Å². The summed E-state index contributed by atoms with van der Waals surface area (Å²) < 4.78 is 27.7. The number of carbonyl (C=O) groups excluding carboxylic acids is 1. The quantitative estimate of drug-likeness (QED) is 0.908. The van der Waals surface area contributed by atoms with Crippen molar-refractivity contribution >= 4 is 38.9 Å². The van der Waals surface area contributed by atoms with Crippen molar-refractivity contribution in [3.8, 4) is 0 Å². The average molecular weight is 365 g/mol. The summed E-state index contributed by atoms with van der Waals surface area (Å²) in [5, 5.41) is 0.501. The molecule has 0 aromatic heterocycles. The summed E-state index contributed by atoms with van der Waals surface area (Å²) in [5.41, 5.74) is 2.89. The molecule has 3 rings (SSSR count). The van der Waals surface area contributed by atoms with Gasteiger partial charge in [-0.1, -0.05) is 17.7 Å².